The van der Waals surface area contributed by atoms with Gasteiger partial charge >= 0.3 is 0 Å². The molecule has 1 unspecified atom stereocenters. The van der Waals surface area contributed by atoms with Gasteiger partial charge in [0.2, 0.25) is 0 Å². The largest absolute Gasteiger partial charge is 0.0880 e. The normalized spacial score (nSPS) is 33.5. The first-order valence-electron chi connectivity index (χ1n) is 4.43. The number of rotatable bonds is 1. The Labute approximate surface area is 77.2 Å². The van der Waals surface area contributed by atoms with Gasteiger partial charge in [0.1, 0.15) is 0 Å². The highest BCUT2D eigenvalue weighted by Gasteiger charge is 2.46. The lowest BCUT2D eigenvalue weighted by atomic mass is 9.52. The third kappa shape index (κ3) is 0.932. The molecule has 0 radical (unpaired) electrons. The molecule has 1 saturated carbocycles. The number of alkyl halides is 1. The molecule has 2 bridgehead atoms. The molecular weight excluding hydrogens is 200 g/mol. The molecule has 0 N–H and O–H groups in total. The molecule has 62 valence electrons. The lowest BCUT2D eigenvalue weighted by Gasteiger charge is -2.53. The highest BCUT2D eigenvalue weighted by molar-refractivity contribution is 9.09. The Hall–Kier alpha value is 0.220. The molecule has 1 atom stereocenters. The van der Waals surface area contributed by atoms with Crippen LogP contribution in [0.25, 0.3) is 0 Å². The summed E-state index contributed by atoms with van der Waals surface area (Å²) in [5.74, 6) is 1.00. The minimum absolute atomic E-state index is 0.557. The van der Waals surface area contributed by atoms with Crippen LogP contribution in [0.1, 0.15) is 33.1 Å². The Morgan fingerprint density at radius 3 is 2.64 bits per heavy atom. The van der Waals surface area contributed by atoms with Crippen molar-refractivity contribution in [1.29, 1.82) is 0 Å². The molecule has 1 heteroatoms. The SMILES string of the molecule is CC1(C)C2=C(CBr)CCC1C2. The van der Waals surface area contributed by atoms with Crippen molar-refractivity contribution >= 4 is 15.9 Å². The smallest absolute Gasteiger partial charge is 0.0244 e. The van der Waals surface area contributed by atoms with Crippen LogP contribution in [0.2, 0.25) is 0 Å². The van der Waals surface area contributed by atoms with Crippen LogP contribution in [0.4, 0.5) is 0 Å². The molecule has 11 heavy (non-hydrogen) atoms. The van der Waals surface area contributed by atoms with Crippen molar-refractivity contribution in [3.63, 3.8) is 0 Å². The van der Waals surface area contributed by atoms with Gasteiger partial charge in [0.15, 0.2) is 0 Å². The Balaban J connectivity index is 2.33. The fraction of sp³-hybridized carbons (Fsp3) is 0.800. The molecule has 0 amide bonds. The first-order chi connectivity index (χ1) is 5.16. The van der Waals surface area contributed by atoms with Crippen molar-refractivity contribution in [2.45, 2.75) is 33.1 Å². The van der Waals surface area contributed by atoms with E-state index in [1.165, 1.54) is 19.3 Å². The summed E-state index contributed by atoms with van der Waals surface area (Å²) in [6, 6.07) is 0. The van der Waals surface area contributed by atoms with E-state index >= 15 is 0 Å². The van der Waals surface area contributed by atoms with E-state index in [2.05, 4.69) is 29.8 Å². The van der Waals surface area contributed by atoms with Crippen molar-refractivity contribution in [2.24, 2.45) is 11.3 Å². The second-order valence-corrected chi connectivity index (χ2v) is 4.94. The zero-order valence-electron chi connectivity index (χ0n) is 7.28. The fourth-order valence-electron chi connectivity index (χ4n) is 2.59. The fourth-order valence-corrected chi connectivity index (χ4v) is 3.21. The van der Waals surface area contributed by atoms with E-state index in [0.29, 0.717) is 5.41 Å². The molecule has 0 aliphatic heterocycles. The summed E-state index contributed by atoms with van der Waals surface area (Å²) >= 11 is 3.57. The maximum Gasteiger partial charge on any atom is 0.0244 e. The van der Waals surface area contributed by atoms with E-state index in [9.17, 15) is 0 Å². The molecule has 0 saturated heterocycles. The van der Waals surface area contributed by atoms with Crippen molar-refractivity contribution < 1.29 is 0 Å². The van der Waals surface area contributed by atoms with Crippen LogP contribution in [0.3, 0.4) is 0 Å². The molecule has 0 aromatic heterocycles. The van der Waals surface area contributed by atoms with Crippen molar-refractivity contribution in [3.8, 4) is 0 Å². The molecule has 0 nitrogen and oxygen atoms in total. The average Bonchev–Trinajstić information content (AvgIpc) is 2.04. The predicted molar refractivity (Wildman–Crippen MR) is 51.9 cm³/mol. The molecule has 1 fully saturated rings. The van der Waals surface area contributed by atoms with E-state index in [4.69, 9.17) is 0 Å². The maximum atomic E-state index is 3.57. The van der Waals surface area contributed by atoms with Crippen LogP contribution in [-0.2, 0) is 0 Å². The van der Waals surface area contributed by atoms with Gasteiger partial charge < -0.3 is 0 Å². The summed E-state index contributed by atoms with van der Waals surface area (Å²) in [7, 11) is 0. The van der Waals surface area contributed by atoms with Gasteiger partial charge in [0.25, 0.3) is 0 Å². The Morgan fingerprint density at radius 1 is 1.55 bits per heavy atom. The molecule has 3 aliphatic rings. The van der Waals surface area contributed by atoms with Gasteiger partial charge in [-0.1, -0.05) is 40.9 Å². The molecule has 3 rings (SSSR count). The number of halogens is 1. The molecule has 0 aromatic rings. The van der Waals surface area contributed by atoms with E-state index < -0.39 is 0 Å². The van der Waals surface area contributed by atoms with Crippen molar-refractivity contribution in [1.82, 2.24) is 0 Å². The Morgan fingerprint density at radius 2 is 2.27 bits per heavy atom. The zero-order chi connectivity index (χ0) is 8.06. The Kier molecular flexibility index (Phi) is 1.68. The third-order valence-corrected chi connectivity index (χ3v) is 4.31. The monoisotopic (exact) mass is 214 g/mol. The first kappa shape index (κ1) is 7.85. The van der Waals surface area contributed by atoms with Crippen LogP contribution in [0.15, 0.2) is 11.1 Å². The van der Waals surface area contributed by atoms with Crippen molar-refractivity contribution in [3.05, 3.63) is 11.1 Å². The van der Waals surface area contributed by atoms with Crippen LogP contribution >= 0.6 is 15.9 Å². The van der Waals surface area contributed by atoms with Gasteiger partial charge in [0.05, 0.1) is 0 Å². The van der Waals surface area contributed by atoms with Crippen molar-refractivity contribution in [2.75, 3.05) is 5.33 Å². The second kappa shape index (κ2) is 2.35. The van der Waals surface area contributed by atoms with Gasteiger partial charge in [-0.15, -0.1) is 0 Å². The lowest BCUT2D eigenvalue weighted by molar-refractivity contribution is 0.134. The summed E-state index contributed by atoms with van der Waals surface area (Å²) < 4.78 is 0. The van der Waals surface area contributed by atoms with E-state index in [1.807, 2.05) is 0 Å². The topological polar surface area (TPSA) is 0 Å². The maximum absolute atomic E-state index is 3.57. The van der Waals surface area contributed by atoms with Crippen LogP contribution in [0.5, 0.6) is 0 Å². The van der Waals surface area contributed by atoms with E-state index in [-0.39, 0.29) is 0 Å². The van der Waals surface area contributed by atoms with Gasteiger partial charge in [-0.05, 0) is 30.6 Å². The average molecular weight is 215 g/mol. The standard InChI is InChI=1S/C10H15Br/c1-10(2)8-4-3-7(6-11)9(10)5-8/h8H,3-6H2,1-2H3. The molecule has 0 spiro atoms. The highest BCUT2D eigenvalue weighted by Crippen LogP contribution is 2.58. The lowest BCUT2D eigenvalue weighted by Crippen LogP contribution is -2.42. The Bertz CT molecular complexity index is 213. The highest BCUT2D eigenvalue weighted by atomic mass is 79.9. The van der Waals surface area contributed by atoms with Gasteiger partial charge in [-0.3, -0.25) is 0 Å². The summed E-state index contributed by atoms with van der Waals surface area (Å²) in [5.41, 5.74) is 4.00. The molecule has 0 heterocycles. The van der Waals surface area contributed by atoms with Crippen LogP contribution < -0.4 is 0 Å². The molecule has 0 aromatic carbocycles. The number of hydrogen-bond donors (Lipinski definition) is 0. The van der Waals surface area contributed by atoms with Crippen LogP contribution in [0, 0.1) is 11.3 Å². The van der Waals surface area contributed by atoms with Crippen LogP contribution in [-0.4, -0.2) is 5.33 Å². The number of fused-ring (bicyclic) bond motifs is 2. The first-order valence-corrected chi connectivity index (χ1v) is 5.55. The second-order valence-electron chi connectivity index (χ2n) is 4.38. The zero-order valence-corrected chi connectivity index (χ0v) is 8.87. The number of allylic oxidation sites excluding steroid dienone is 2. The molecule has 3 aliphatic carbocycles. The van der Waals surface area contributed by atoms with E-state index in [1.54, 1.807) is 11.1 Å². The third-order valence-electron chi connectivity index (χ3n) is 3.63. The van der Waals surface area contributed by atoms with Gasteiger partial charge in [-0.2, -0.15) is 0 Å². The predicted octanol–water partition coefficient (Wildman–Crippen LogP) is 3.52. The summed E-state index contributed by atoms with van der Waals surface area (Å²) in [4.78, 5) is 0. The number of hydrogen-bond acceptors (Lipinski definition) is 0. The van der Waals surface area contributed by atoms with Gasteiger partial charge in [-0.25, -0.2) is 0 Å². The van der Waals surface area contributed by atoms with Gasteiger partial charge in [0, 0.05) is 5.33 Å². The summed E-state index contributed by atoms with van der Waals surface area (Å²) in [6.07, 6.45) is 4.18. The summed E-state index contributed by atoms with van der Waals surface area (Å²) in [5, 5.41) is 1.11. The molecular formula is C10H15Br. The minimum atomic E-state index is 0.557. The van der Waals surface area contributed by atoms with E-state index in [0.717, 1.165) is 11.2 Å². The quantitative estimate of drug-likeness (QED) is 0.463. The summed E-state index contributed by atoms with van der Waals surface area (Å²) in [6.45, 7) is 4.80. The minimum Gasteiger partial charge on any atom is -0.0880 e.